The number of phenols is 1. The Balaban J connectivity index is 2.15. The maximum absolute atomic E-state index is 9.78. The predicted molar refractivity (Wildman–Crippen MR) is 95.1 cm³/mol. The van der Waals surface area contributed by atoms with Gasteiger partial charge in [-0.3, -0.25) is 0 Å². The molecule has 3 nitrogen and oxygen atoms in total. The minimum Gasteiger partial charge on any atom is -0.508 e. The van der Waals surface area contributed by atoms with Gasteiger partial charge in [0.25, 0.3) is 0 Å². The number of hydrogen-bond acceptors (Lipinski definition) is 2. The van der Waals surface area contributed by atoms with E-state index < -0.39 is 0 Å². The molecule has 4 rings (SSSR count). The molecule has 0 saturated heterocycles. The molecule has 1 heterocycles. The second-order valence-electron chi connectivity index (χ2n) is 5.57. The average Bonchev–Trinajstić information content (AvgIpc) is 2.97. The van der Waals surface area contributed by atoms with Gasteiger partial charge in [0.15, 0.2) is 0 Å². The third-order valence-electron chi connectivity index (χ3n) is 4.14. The fourth-order valence-corrected chi connectivity index (χ4v) is 3.09. The van der Waals surface area contributed by atoms with Crippen molar-refractivity contribution in [3.8, 4) is 28.8 Å². The van der Waals surface area contributed by atoms with Gasteiger partial charge in [-0.25, -0.2) is 0 Å². The molecule has 114 valence electrons. The summed E-state index contributed by atoms with van der Waals surface area (Å²) in [7, 11) is 0. The number of aromatic nitrogens is 1. The van der Waals surface area contributed by atoms with Crippen LogP contribution in [0.3, 0.4) is 0 Å². The van der Waals surface area contributed by atoms with E-state index in [1.54, 1.807) is 12.1 Å². The Bertz CT molecular complexity index is 1050. The Morgan fingerprint density at radius 2 is 1.46 bits per heavy atom. The van der Waals surface area contributed by atoms with Crippen LogP contribution in [0.5, 0.6) is 5.75 Å². The highest BCUT2D eigenvalue weighted by Gasteiger charge is 2.19. The second kappa shape index (κ2) is 5.60. The number of para-hydroxylation sites is 1. The summed E-state index contributed by atoms with van der Waals surface area (Å²) in [6.45, 7) is 0. The van der Waals surface area contributed by atoms with Crippen LogP contribution in [0.1, 0.15) is 5.56 Å². The molecule has 0 spiro atoms. The molecule has 0 bridgehead atoms. The monoisotopic (exact) mass is 310 g/mol. The van der Waals surface area contributed by atoms with Crippen molar-refractivity contribution in [1.29, 1.82) is 5.26 Å². The quantitative estimate of drug-likeness (QED) is 0.574. The number of rotatable bonds is 2. The maximum Gasteiger partial charge on any atom is 0.115 e. The molecule has 4 aromatic rings. The van der Waals surface area contributed by atoms with Gasteiger partial charge in [-0.05, 0) is 35.9 Å². The number of aromatic hydroxyl groups is 1. The summed E-state index contributed by atoms with van der Waals surface area (Å²) in [6.07, 6.45) is 0. The summed E-state index contributed by atoms with van der Waals surface area (Å²) in [6, 6.07) is 27.2. The van der Waals surface area contributed by atoms with E-state index in [1.807, 2.05) is 66.7 Å². The van der Waals surface area contributed by atoms with Crippen molar-refractivity contribution in [2.45, 2.75) is 0 Å². The number of phenolic OH excluding ortho intramolecular Hbond substituents is 1. The van der Waals surface area contributed by atoms with Gasteiger partial charge in [-0.2, -0.15) is 5.26 Å². The van der Waals surface area contributed by atoms with Crippen LogP contribution < -0.4 is 0 Å². The third-order valence-corrected chi connectivity index (χ3v) is 4.14. The van der Waals surface area contributed by atoms with E-state index in [-0.39, 0.29) is 5.75 Å². The largest absolute Gasteiger partial charge is 0.508 e. The maximum atomic E-state index is 9.78. The summed E-state index contributed by atoms with van der Waals surface area (Å²) >= 11 is 0. The Labute approximate surface area is 139 Å². The first-order valence-electron chi connectivity index (χ1n) is 7.68. The van der Waals surface area contributed by atoms with Gasteiger partial charge in [-0.1, -0.05) is 48.5 Å². The molecule has 0 radical (unpaired) electrons. The van der Waals surface area contributed by atoms with E-state index >= 15 is 0 Å². The van der Waals surface area contributed by atoms with Gasteiger partial charge in [0.1, 0.15) is 11.8 Å². The first-order chi connectivity index (χ1) is 11.8. The van der Waals surface area contributed by atoms with E-state index in [9.17, 15) is 10.4 Å². The van der Waals surface area contributed by atoms with Crippen LogP contribution in [-0.2, 0) is 0 Å². The number of hydrogen-bond donors (Lipinski definition) is 1. The van der Waals surface area contributed by atoms with Gasteiger partial charge < -0.3 is 9.67 Å². The fourth-order valence-electron chi connectivity index (χ4n) is 3.09. The van der Waals surface area contributed by atoms with E-state index in [4.69, 9.17) is 0 Å². The van der Waals surface area contributed by atoms with Crippen LogP contribution in [0, 0.1) is 11.3 Å². The van der Waals surface area contributed by atoms with Gasteiger partial charge in [-0.15, -0.1) is 0 Å². The van der Waals surface area contributed by atoms with Gasteiger partial charge in [0, 0.05) is 11.1 Å². The van der Waals surface area contributed by atoms with Crippen LogP contribution in [0.15, 0.2) is 78.9 Å². The molecule has 3 heteroatoms. The summed E-state index contributed by atoms with van der Waals surface area (Å²) in [5, 5.41) is 20.3. The highest BCUT2D eigenvalue weighted by Crippen LogP contribution is 2.36. The van der Waals surface area contributed by atoms with Gasteiger partial charge >= 0.3 is 0 Å². The van der Waals surface area contributed by atoms with Crippen molar-refractivity contribution in [2.24, 2.45) is 0 Å². The third kappa shape index (κ3) is 2.13. The lowest BCUT2D eigenvalue weighted by atomic mass is 10.1. The molecule has 0 aliphatic rings. The lowest BCUT2D eigenvalue weighted by Crippen LogP contribution is -1.97. The second-order valence-corrected chi connectivity index (χ2v) is 5.57. The van der Waals surface area contributed by atoms with Crippen molar-refractivity contribution in [1.82, 2.24) is 4.57 Å². The Morgan fingerprint density at radius 1 is 0.792 bits per heavy atom. The molecule has 24 heavy (non-hydrogen) atoms. The number of fused-ring (bicyclic) bond motifs is 1. The van der Waals surface area contributed by atoms with E-state index in [0.29, 0.717) is 5.56 Å². The number of benzene rings is 3. The molecule has 0 saturated carbocycles. The van der Waals surface area contributed by atoms with Crippen LogP contribution in [0.25, 0.3) is 27.8 Å². The summed E-state index contributed by atoms with van der Waals surface area (Å²) < 4.78 is 2.07. The van der Waals surface area contributed by atoms with Gasteiger partial charge in [0.05, 0.1) is 16.8 Å². The highest BCUT2D eigenvalue weighted by molar-refractivity contribution is 5.96. The minimum atomic E-state index is 0.219. The van der Waals surface area contributed by atoms with E-state index in [0.717, 1.165) is 27.8 Å². The minimum absolute atomic E-state index is 0.219. The molecule has 0 aliphatic carbocycles. The molecule has 0 unspecified atom stereocenters. The Hall–Kier alpha value is -3.51. The molecule has 0 amide bonds. The van der Waals surface area contributed by atoms with Crippen molar-refractivity contribution in [2.75, 3.05) is 0 Å². The predicted octanol–water partition coefficient (Wildman–Crippen LogP) is 4.87. The molecule has 0 fully saturated rings. The Morgan fingerprint density at radius 3 is 2.17 bits per heavy atom. The van der Waals surface area contributed by atoms with Gasteiger partial charge in [0.2, 0.25) is 0 Å². The standard InChI is InChI=1S/C21H14N2O/c22-14-19-18-8-4-5-9-20(18)23(16-10-12-17(24)13-11-16)21(19)15-6-2-1-3-7-15/h1-13,24H. The smallest absolute Gasteiger partial charge is 0.115 e. The zero-order valence-corrected chi connectivity index (χ0v) is 12.8. The Kier molecular flexibility index (Phi) is 3.29. The van der Waals surface area contributed by atoms with E-state index in [1.165, 1.54) is 0 Å². The molecule has 1 aromatic heterocycles. The van der Waals surface area contributed by atoms with E-state index in [2.05, 4.69) is 10.6 Å². The molecular formula is C21H14N2O. The molecule has 3 aromatic carbocycles. The molecule has 0 aliphatic heterocycles. The van der Waals surface area contributed by atoms with Crippen LogP contribution in [-0.4, -0.2) is 9.67 Å². The van der Waals surface area contributed by atoms with Crippen molar-refractivity contribution < 1.29 is 5.11 Å². The summed E-state index contributed by atoms with van der Waals surface area (Å²) in [5.41, 5.74) is 4.39. The average molecular weight is 310 g/mol. The van der Waals surface area contributed by atoms with Crippen LogP contribution >= 0.6 is 0 Å². The topological polar surface area (TPSA) is 49.0 Å². The fraction of sp³-hybridized carbons (Fsp3) is 0. The van der Waals surface area contributed by atoms with Crippen molar-refractivity contribution in [3.63, 3.8) is 0 Å². The lowest BCUT2D eigenvalue weighted by Gasteiger charge is -2.11. The van der Waals surface area contributed by atoms with Crippen molar-refractivity contribution in [3.05, 3.63) is 84.4 Å². The zero-order valence-electron chi connectivity index (χ0n) is 12.8. The first kappa shape index (κ1) is 14.1. The normalized spacial score (nSPS) is 10.6. The van der Waals surface area contributed by atoms with Crippen LogP contribution in [0.4, 0.5) is 0 Å². The SMILES string of the molecule is N#Cc1c(-c2ccccc2)n(-c2ccc(O)cc2)c2ccccc12. The highest BCUT2D eigenvalue weighted by atomic mass is 16.3. The molecular weight excluding hydrogens is 296 g/mol. The summed E-state index contributed by atoms with van der Waals surface area (Å²) in [4.78, 5) is 0. The molecule has 0 atom stereocenters. The lowest BCUT2D eigenvalue weighted by molar-refractivity contribution is 0.475. The zero-order chi connectivity index (χ0) is 16.5. The number of nitrogens with zero attached hydrogens (tertiary/aromatic N) is 2. The molecule has 1 N–H and O–H groups in total. The first-order valence-corrected chi connectivity index (χ1v) is 7.68. The number of nitriles is 1. The van der Waals surface area contributed by atoms with Crippen LogP contribution in [0.2, 0.25) is 0 Å². The van der Waals surface area contributed by atoms with Crippen molar-refractivity contribution >= 4 is 10.9 Å². The summed E-state index contributed by atoms with van der Waals surface area (Å²) in [5.74, 6) is 0.219.